The number of ether oxygens (including phenoxy) is 1. The summed E-state index contributed by atoms with van der Waals surface area (Å²) in [5, 5.41) is 0. The molecular weight excluding hydrogens is 387 g/mol. The van der Waals surface area contributed by atoms with Crippen molar-refractivity contribution in [3.63, 3.8) is 0 Å². The number of likely N-dealkylation sites (N-methyl/N-ethyl adjacent to an activating group) is 1. The molecule has 1 aromatic heterocycles. The van der Waals surface area contributed by atoms with Crippen LogP contribution in [0.25, 0.3) is 11.0 Å². The van der Waals surface area contributed by atoms with Gasteiger partial charge >= 0.3 is 12.1 Å². The quantitative estimate of drug-likeness (QED) is 0.610. The molecule has 0 aliphatic heterocycles. The summed E-state index contributed by atoms with van der Waals surface area (Å²) in [4.78, 5) is 29.8. The van der Waals surface area contributed by atoms with E-state index < -0.39 is 36.5 Å². The highest BCUT2D eigenvalue weighted by Gasteiger charge is 2.38. The molecule has 0 spiro atoms. The topological polar surface area (TPSA) is 64.4 Å². The van der Waals surface area contributed by atoms with Crippen molar-refractivity contribution in [2.75, 3.05) is 14.1 Å². The normalized spacial score (nSPS) is 12.6. The van der Waals surface area contributed by atoms with Crippen LogP contribution >= 0.6 is 0 Å². The van der Waals surface area contributed by atoms with E-state index in [-0.39, 0.29) is 11.0 Å². The summed E-state index contributed by atoms with van der Waals surface area (Å²) < 4.78 is 46.3. The van der Waals surface area contributed by atoms with Crippen molar-refractivity contribution in [3.05, 3.63) is 66.0 Å². The molecule has 0 N–H and O–H groups in total. The Kier molecular flexibility index (Phi) is 5.58. The lowest BCUT2D eigenvalue weighted by Gasteiger charge is -2.21. The molecule has 1 atom stereocenters. The molecule has 152 valence electrons. The number of imidazole rings is 1. The van der Waals surface area contributed by atoms with Crippen molar-refractivity contribution in [3.8, 4) is 0 Å². The van der Waals surface area contributed by atoms with Gasteiger partial charge in [-0.15, -0.1) is 0 Å². The molecule has 3 aromatic rings. The van der Waals surface area contributed by atoms with Gasteiger partial charge in [0.1, 0.15) is 6.54 Å². The summed E-state index contributed by atoms with van der Waals surface area (Å²) in [6.45, 7) is -0.737. The first kappa shape index (κ1) is 20.4. The number of alkyl halides is 3. The Labute approximate surface area is 164 Å². The molecule has 29 heavy (non-hydrogen) atoms. The van der Waals surface area contributed by atoms with Crippen LogP contribution in [0.1, 0.15) is 17.5 Å². The molecule has 0 unspecified atom stereocenters. The first-order chi connectivity index (χ1) is 13.7. The van der Waals surface area contributed by atoms with Crippen molar-refractivity contribution in [2.45, 2.75) is 18.8 Å². The van der Waals surface area contributed by atoms with Crippen LogP contribution in [0.3, 0.4) is 0 Å². The van der Waals surface area contributed by atoms with E-state index in [0.29, 0.717) is 5.56 Å². The summed E-state index contributed by atoms with van der Waals surface area (Å²) in [6.07, 6.45) is -6.01. The van der Waals surface area contributed by atoms with Gasteiger partial charge in [0.05, 0.1) is 11.0 Å². The highest BCUT2D eigenvalue weighted by Crippen LogP contribution is 2.31. The number of carbonyl (C=O) groups excluding carboxylic acids is 2. The maximum atomic E-state index is 13.4. The zero-order valence-electron chi connectivity index (χ0n) is 15.7. The molecule has 1 heterocycles. The van der Waals surface area contributed by atoms with Crippen LogP contribution in [0.2, 0.25) is 0 Å². The molecule has 0 fully saturated rings. The number of hydrogen-bond acceptors (Lipinski definition) is 4. The first-order valence-corrected chi connectivity index (χ1v) is 8.66. The van der Waals surface area contributed by atoms with E-state index >= 15 is 0 Å². The Morgan fingerprint density at radius 2 is 1.69 bits per heavy atom. The number of fused-ring (bicyclic) bond motifs is 1. The van der Waals surface area contributed by atoms with Crippen LogP contribution < -0.4 is 0 Å². The third-order valence-corrected chi connectivity index (χ3v) is 4.21. The summed E-state index contributed by atoms with van der Waals surface area (Å²) in [5.74, 6) is -2.69. The maximum absolute atomic E-state index is 13.4. The number of halogens is 3. The molecule has 9 heteroatoms. The summed E-state index contributed by atoms with van der Waals surface area (Å²) >= 11 is 0. The van der Waals surface area contributed by atoms with E-state index in [1.165, 1.54) is 31.1 Å². The van der Waals surface area contributed by atoms with E-state index in [9.17, 15) is 22.8 Å². The molecule has 0 aliphatic carbocycles. The minimum atomic E-state index is -4.75. The van der Waals surface area contributed by atoms with Crippen molar-refractivity contribution in [1.82, 2.24) is 14.5 Å². The van der Waals surface area contributed by atoms with Gasteiger partial charge in [0.2, 0.25) is 11.9 Å². The van der Waals surface area contributed by atoms with Crippen LogP contribution in [-0.2, 0) is 27.0 Å². The minimum absolute atomic E-state index is 0.108. The Hall–Kier alpha value is -3.36. The molecular formula is C20H18F3N3O3. The number of rotatable bonds is 5. The Balaban J connectivity index is 1.92. The van der Waals surface area contributed by atoms with Crippen LogP contribution in [0.5, 0.6) is 0 Å². The third kappa shape index (κ3) is 4.39. The van der Waals surface area contributed by atoms with Gasteiger partial charge in [-0.3, -0.25) is 9.59 Å². The number of carbonyl (C=O) groups is 2. The van der Waals surface area contributed by atoms with Gasteiger partial charge in [-0.05, 0) is 12.1 Å². The number of aromatic nitrogens is 2. The summed E-state index contributed by atoms with van der Waals surface area (Å²) in [6, 6.07) is 14.2. The molecule has 0 saturated carbocycles. The SMILES string of the molecule is CN(C)C(=O)[C@H](OC(=O)Cn1c(C(F)(F)F)nc2ccccc21)c1ccccc1. The summed E-state index contributed by atoms with van der Waals surface area (Å²) in [7, 11) is 2.99. The lowest BCUT2D eigenvalue weighted by atomic mass is 10.1. The van der Waals surface area contributed by atoms with Gasteiger partial charge < -0.3 is 14.2 Å². The predicted molar refractivity (Wildman–Crippen MR) is 98.7 cm³/mol. The van der Waals surface area contributed by atoms with E-state index in [0.717, 1.165) is 4.57 Å². The Bertz CT molecular complexity index is 1030. The van der Waals surface area contributed by atoms with E-state index in [1.807, 2.05) is 0 Å². The highest BCUT2D eigenvalue weighted by atomic mass is 19.4. The van der Waals surface area contributed by atoms with E-state index in [1.54, 1.807) is 42.5 Å². The van der Waals surface area contributed by atoms with E-state index in [4.69, 9.17) is 4.74 Å². The molecule has 0 saturated heterocycles. The second kappa shape index (κ2) is 7.94. The van der Waals surface area contributed by atoms with Crippen LogP contribution in [0.15, 0.2) is 54.6 Å². The van der Waals surface area contributed by atoms with Crippen LogP contribution in [0.4, 0.5) is 13.2 Å². The van der Waals surface area contributed by atoms with Gasteiger partial charge in [0.15, 0.2) is 0 Å². The first-order valence-electron chi connectivity index (χ1n) is 8.66. The number of para-hydroxylation sites is 2. The lowest BCUT2D eigenvalue weighted by molar-refractivity contribution is -0.161. The maximum Gasteiger partial charge on any atom is 0.449 e. The highest BCUT2D eigenvalue weighted by molar-refractivity contribution is 5.85. The van der Waals surface area contributed by atoms with Crippen LogP contribution in [0, 0.1) is 0 Å². The smallest absolute Gasteiger partial charge is 0.446 e. The molecule has 0 aliphatic rings. The second-order valence-electron chi connectivity index (χ2n) is 6.52. The van der Waals surface area contributed by atoms with Gasteiger partial charge in [-0.1, -0.05) is 42.5 Å². The Morgan fingerprint density at radius 3 is 2.31 bits per heavy atom. The molecule has 6 nitrogen and oxygen atoms in total. The molecule has 0 radical (unpaired) electrons. The largest absolute Gasteiger partial charge is 0.449 e. The second-order valence-corrected chi connectivity index (χ2v) is 6.52. The number of amides is 1. The monoisotopic (exact) mass is 405 g/mol. The minimum Gasteiger partial charge on any atom is -0.446 e. The summed E-state index contributed by atoms with van der Waals surface area (Å²) in [5.41, 5.74) is 0.676. The number of benzene rings is 2. The van der Waals surface area contributed by atoms with Crippen molar-refractivity contribution >= 4 is 22.9 Å². The van der Waals surface area contributed by atoms with Gasteiger partial charge in [-0.25, -0.2) is 4.98 Å². The third-order valence-electron chi connectivity index (χ3n) is 4.21. The standard InChI is InChI=1S/C20H18F3N3O3/c1-25(2)18(28)17(13-8-4-3-5-9-13)29-16(27)12-26-15-11-7-6-10-14(15)24-19(26)20(21,22)23/h3-11,17H,12H2,1-2H3/t17-/m1/s1. The number of esters is 1. The molecule has 2 aromatic carbocycles. The lowest BCUT2D eigenvalue weighted by Crippen LogP contribution is -2.32. The van der Waals surface area contributed by atoms with Gasteiger partial charge in [-0.2, -0.15) is 13.2 Å². The zero-order valence-corrected chi connectivity index (χ0v) is 15.7. The van der Waals surface area contributed by atoms with Gasteiger partial charge in [0.25, 0.3) is 5.91 Å². The van der Waals surface area contributed by atoms with E-state index in [2.05, 4.69) is 4.98 Å². The van der Waals surface area contributed by atoms with Gasteiger partial charge in [0, 0.05) is 19.7 Å². The number of hydrogen-bond donors (Lipinski definition) is 0. The molecule has 0 bridgehead atoms. The zero-order chi connectivity index (χ0) is 21.2. The number of nitrogens with zero attached hydrogens (tertiary/aromatic N) is 3. The molecule has 1 amide bonds. The fraction of sp³-hybridized carbons (Fsp3) is 0.250. The average molecular weight is 405 g/mol. The molecule has 3 rings (SSSR count). The van der Waals surface area contributed by atoms with Crippen molar-refractivity contribution < 1.29 is 27.5 Å². The fourth-order valence-electron chi connectivity index (χ4n) is 2.87. The Morgan fingerprint density at radius 1 is 1.07 bits per heavy atom. The predicted octanol–water partition coefficient (Wildman–Crippen LogP) is 3.43. The fourth-order valence-corrected chi connectivity index (χ4v) is 2.87. The van der Waals surface area contributed by atoms with Crippen molar-refractivity contribution in [2.24, 2.45) is 0 Å². The van der Waals surface area contributed by atoms with Crippen molar-refractivity contribution in [1.29, 1.82) is 0 Å². The average Bonchev–Trinajstić information content (AvgIpc) is 3.05. The van der Waals surface area contributed by atoms with Crippen LogP contribution in [-0.4, -0.2) is 40.4 Å².